The zero-order valence-electron chi connectivity index (χ0n) is 41.2. The van der Waals surface area contributed by atoms with E-state index in [2.05, 4.69) is 31.2 Å². The fraction of sp³-hybridized carbons (Fsp3) is 0.923. The number of nitrogens with zero attached hydrogens (tertiary/aromatic N) is 6. The highest BCUT2D eigenvalue weighted by Gasteiger charge is 2.43. The van der Waals surface area contributed by atoms with Gasteiger partial charge in [0.25, 0.3) is 0 Å². The summed E-state index contributed by atoms with van der Waals surface area (Å²) in [6.45, 7) is 3.59. The maximum atomic E-state index is 15.0. The monoisotopic (exact) mass is 933 g/mol. The highest BCUT2D eigenvalue weighted by atomic mass is 32.3. The van der Waals surface area contributed by atoms with Crippen LogP contribution in [0.2, 0.25) is 0 Å². The predicted octanol–water partition coefficient (Wildman–Crippen LogP) is 15.1. The molecule has 0 aromatic rings. The van der Waals surface area contributed by atoms with Crippen molar-refractivity contribution in [3.63, 3.8) is 0 Å². The average molecular weight is 934 g/mol. The van der Waals surface area contributed by atoms with Crippen molar-refractivity contribution in [3.8, 4) is 24.3 Å². The molecule has 0 unspecified atom stereocenters. The lowest BCUT2D eigenvalue weighted by molar-refractivity contribution is 0.367. The van der Waals surface area contributed by atoms with Crippen LogP contribution in [-0.2, 0) is 20.0 Å². The van der Waals surface area contributed by atoms with Crippen LogP contribution in [0.1, 0.15) is 277 Å². The SMILES string of the molecule is CCCCCCCC(S(=O)(=O)N(CCCCCCCCCCC#N)CCCCCCCCCCC#N)S(=O)(=O)N(CCCCCCCCCCC#N)CCCCCCCCCCC#N. The van der Waals surface area contributed by atoms with Crippen molar-refractivity contribution in [2.24, 2.45) is 0 Å². The van der Waals surface area contributed by atoms with Crippen molar-refractivity contribution in [2.75, 3.05) is 26.2 Å². The first kappa shape index (κ1) is 61.8. The third-order valence-corrected chi connectivity index (χ3v) is 18.1. The van der Waals surface area contributed by atoms with Gasteiger partial charge >= 0.3 is 0 Å². The van der Waals surface area contributed by atoms with Crippen LogP contribution in [0.25, 0.3) is 0 Å². The second kappa shape index (κ2) is 45.9. The van der Waals surface area contributed by atoms with Gasteiger partial charge < -0.3 is 0 Å². The molecule has 0 saturated carbocycles. The van der Waals surface area contributed by atoms with Gasteiger partial charge in [0.05, 0.1) is 24.3 Å². The molecule has 0 bridgehead atoms. The fourth-order valence-electron chi connectivity index (χ4n) is 8.64. The van der Waals surface area contributed by atoms with Crippen LogP contribution in [0.4, 0.5) is 0 Å². The Morgan fingerprint density at radius 2 is 0.516 bits per heavy atom. The molecule has 0 heterocycles. The summed E-state index contributed by atoms with van der Waals surface area (Å²) in [5.74, 6) is 0. The number of sulfonamides is 2. The molecule has 0 atom stereocenters. The zero-order chi connectivity index (χ0) is 47.1. The quantitative estimate of drug-likeness (QED) is 0.0543. The van der Waals surface area contributed by atoms with E-state index < -0.39 is 24.6 Å². The van der Waals surface area contributed by atoms with E-state index in [4.69, 9.17) is 21.0 Å². The molecule has 0 aliphatic carbocycles. The Balaban J connectivity index is 6.09. The molecule has 10 nitrogen and oxygen atoms in total. The molecule has 0 aliphatic heterocycles. The van der Waals surface area contributed by atoms with E-state index in [1.165, 1.54) is 0 Å². The Hall–Kier alpha value is -2.22. The molecule has 12 heteroatoms. The van der Waals surface area contributed by atoms with Crippen molar-refractivity contribution in [3.05, 3.63) is 0 Å². The summed E-state index contributed by atoms with van der Waals surface area (Å²) in [6.07, 6.45) is 39.1. The standard InChI is InChI=1S/C52H96N6O4S2/c1-2-3-4-25-34-43-52(63(59,60)57(48-39-30-21-13-5-9-17-26-35-44-53)49-40-31-22-14-6-10-18-27-36-45-54)64(61,62)58(50-41-32-23-15-7-11-19-28-37-46-55)51-42-33-24-16-8-12-20-29-38-47-56/h52H,2-43,48-51H2,1H3. The molecule has 0 N–H and O–H groups in total. The second-order valence-electron chi connectivity index (χ2n) is 18.5. The van der Waals surface area contributed by atoms with E-state index in [1.54, 1.807) is 8.61 Å². The Kier molecular flexibility index (Phi) is 44.3. The molecule has 0 saturated heterocycles. The number of nitriles is 4. The van der Waals surface area contributed by atoms with Crippen LogP contribution in [0, 0.1) is 45.3 Å². The van der Waals surface area contributed by atoms with E-state index in [0.29, 0.717) is 58.3 Å². The second-order valence-corrected chi connectivity index (χ2v) is 23.0. The molecule has 0 aromatic heterocycles. The summed E-state index contributed by atoms with van der Waals surface area (Å²) >= 11 is 0. The molecule has 0 aromatic carbocycles. The first-order chi connectivity index (χ1) is 31.2. The van der Waals surface area contributed by atoms with Crippen LogP contribution < -0.4 is 0 Å². The molecule has 0 fully saturated rings. The molecule has 0 radical (unpaired) electrons. The molecule has 0 amide bonds. The van der Waals surface area contributed by atoms with E-state index in [1.807, 2.05) is 0 Å². The zero-order valence-corrected chi connectivity index (χ0v) is 42.9. The molecule has 370 valence electrons. The van der Waals surface area contributed by atoms with Crippen LogP contribution >= 0.6 is 0 Å². The smallest absolute Gasteiger partial charge is 0.211 e. The van der Waals surface area contributed by atoms with Gasteiger partial charge in [-0.3, -0.25) is 0 Å². The topological polar surface area (TPSA) is 170 Å². The molecular formula is C52H96N6O4S2. The lowest BCUT2D eigenvalue weighted by atomic mass is 10.1. The number of rotatable bonds is 50. The van der Waals surface area contributed by atoms with Crippen molar-refractivity contribution in [2.45, 2.75) is 281 Å². The summed E-state index contributed by atoms with van der Waals surface area (Å²) in [6, 6.07) is 8.87. The highest BCUT2D eigenvalue weighted by molar-refractivity contribution is 8.07. The fourth-order valence-corrected chi connectivity index (χ4v) is 13.7. The van der Waals surface area contributed by atoms with Gasteiger partial charge in [0, 0.05) is 51.9 Å². The van der Waals surface area contributed by atoms with E-state index in [9.17, 15) is 0 Å². The summed E-state index contributed by atoms with van der Waals surface area (Å²) < 4.78 is 61.7. The maximum Gasteiger partial charge on any atom is 0.232 e. The van der Waals surface area contributed by atoms with Crippen LogP contribution in [0.5, 0.6) is 0 Å². The lowest BCUT2D eigenvalue weighted by Gasteiger charge is -2.32. The minimum Gasteiger partial charge on any atom is -0.211 e. The van der Waals surface area contributed by atoms with Gasteiger partial charge in [-0.1, -0.05) is 193 Å². The Morgan fingerprint density at radius 3 is 0.750 bits per heavy atom. The molecule has 0 spiro atoms. The average Bonchev–Trinajstić information content (AvgIpc) is 3.28. The number of unbranched alkanes of at least 4 members (excludes halogenated alkanes) is 36. The largest absolute Gasteiger partial charge is 0.232 e. The summed E-state index contributed by atoms with van der Waals surface area (Å²) in [4.78, 5) is 0. The number of hydrogen-bond acceptors (Lipinski definition) is 8. The summed E-state index contributed by atoms with van der Waals surface area (Å²) in [7, 11) is -8.35. The Bertz CT molecular complexity index is 1280. The van der Waals surface area contributed by atoms with Gasteiger partial charge in [-0.05, 0) is 57.8 Å². The third kappa shape index (κ3) is 35.0. The molecule has 0 aliphatic rings. The Labute approximate surface area is 396 Å². The minimum absolute atomic E-state index is 0.136. The van der Waals surface area contributed by atoms with Gasteiger partial charge in [-0.15, -0.1) is 0 Å². The Morgan fingerprint density at radius 1 is 0.312 bits per heavy atom. The first-order valence-electron chi connectivity index (χ1n) is 26.7. The van der Waals surface area contributed by atoms with Crippen LogP contribution in [-0.4, -0.2) is 56.2 Å². The van der Waals surface area contributed by atoms with Crippen LogP contribution in [0.15, 0.2) is 0 Å². The van der Waals surface area contributed by atoms with E-state index in [-0.39, 0.29) is 6.42 Å². The predicted molar refractivity (Wildman–Crippen MR) is 267 cm³/mol. The number of hydrogen-bond donors (Lipinski definition) is 0. The van der Waals surface area contributed by atoms with Gasteiger partial charge in [0.2, 0.25) is 20.0 Å². The van der Waals surface area contributed by atoms with Gasteiger partial charge in [0.1, 0.15) is 0 Å². The molecular weight excluding hydrogens is 837 g/mol. The first-order valence-corrected chi connectivity index (χ1v) is 29.7. The van der Waals surface area contributed by atoms with E-state index >= 15 is 16.8 Å². The highest BCUT2D eigenvalue weighted by Crippen LogP contribution is 2.28. The summed E-state index contributed by atoms with van der Waals surface area (Å²) in [5.41, 5.74) is 0. The van der Waals surface area contributed by atoms with Crippen molar-refractivity contribution in [1.29, 1.82) is 21.0 Å². The molecule has 0 rings (SSSR count). The van der Waals surface area contributed by atoms with Crippen molar-refractivity contribution < 1.29 is 16.8 Å². The van der Waals surface area contributed by atoms with Crippen LogP contribution in [0.3, 0.4) is 0 Å². The van der Waals surface area contributed by atoms with Gasteiger partial charge in [-0.25, -0.2) is 25.4 Å². The van der Waals surface area contributed by atoms with Gasteiger partial charge in [0.15, 0.2) is 4.58 Å². The van der Waals surface area contributed by atoms with Crippen molar-refractivity contribution >= 4 is 20.0 Å². The van der Waals surface area contributed by atoms with E-state index in [0.717, 1.165) is 231 Å². The third-order valence-electron chi connectivity index (χ3n) is 12.7. The van der Waals surface area contributed by atoms with Crippen molar-refractivity contribution in [1.82, 2.24) is 8.61 Å². The molecule has 64 heavy (non-hydrogen) atoms. The minimum atomic E-state index is -4.17. The summed E-state index contributed by atoms with van der Waals surface area (Å²) in [5, 5.41) is 35.3. The normalized spacial score (nSPS) is 11.9. The maximum absolute atomic E-state index is 15.0. The van der Waals surface area contributed by atoms with Gasteiger partial charge in [-0.2, -0.15) is 21.0 Å². The lowest BCUT2D eigenvalue weighted by Crippen LogP contribution is -2.49.